The summed E-state index contributed by atoms with van der Waals surface area (Å²) in [7, 11) is 0. The molecule has 0 bridgehead atoms. The monoisotopic (exact) mass is 273 g/mol. The van der Waals surface area contributed by atoms with Crippen molar-refractivity contribution >= 4 is 11.9 Å². The summed E-state index contributed by atoms with van der Waals surface area (Å²) in [5.74, 6) is -0.494. The van der Waals surface area contributed by atoms with Crippen LogP contribution in [0.3, 0.4) is 0 Å². The second-order valence-electron chi connectivity index (χ2n) is 5.40. The van der Waals surface area contributed by atoms with E-state index in [4.69, 9.17) is 9.47 Å². The van der Waals surface area contributed by atoms with E-state index < -0.39 is 5.60 Å². The van der Waals surface area contributed by atoms with Gasteiger partial charge in [-0.25, -0.2) is 0 Å². The molecule has 0 atom stereocenters. The summed E-state index contributed by atoms with van der Waals surface area (Å²) in [5, 5.41) is 2.71. The summed E-state index contributed by atoms with van der Waals surface area (Å²) >= 11 is 0. The molecule has 0 aliphatic carbocycles. The summed E-state index contributed by atoms with van der Waals surface area (Å²) in [4.78, 5) is 22.8. The molecule has 1 amide bonds. The lowest BCUT2D eigenvalue weighted by Gasteiger charge is -2.19. The summed E-state index contributed by atoms with van der Waals surface area (Å²) in [6.45, 7) is 9.23. The van der Waals surface area contributed by atoms with Crippen molar-refractivity contribution < 1.29 is 19.1 Å². The smallest absolute Gasteiger partial charge is 0.306 e. The zero-order valence-corrected chi connectivity index (χ0v) is 12.6. The van der Waals surface area contributed by atoms with Gasteiger partial charge >= 0.3 is 5.97 Å². The zero-order chi connectivity index (χ0) is 14.7. The fourth-order valence-corrected chi connectivity index (χ4v) is 1.31. The molecule has 0 unspecified atom stereocenters. The average molecular weight is 273 g/mol. The second kappa shape index (κ2) is 9.78. The van der Waals surface area contributed by atoms with Gasteiger partial charge in [-0.3, -0.25) is 9.59 Å². The van der Waals surface area contributed by atoms with Crippen LogP contribution >= 0.6 is 0 Å². The number of unbranched alkanes of at least 4 members (excludes halogenated alkanes) is 1. The lowest BCUT2D eigenvalue weighted by Crippen LogP contribution is -2.29. The van der Waals surface area contributed by atoms with Gasteiger partial charge in [0.2, 0.25) is 5.91 Å². The first-order valence-electron chi connectivity index (χ1n) is 6.91. The van der Waals surface area contributed by atoms with Gasteiger partial charge < -0.3 is 14.8 Å². The highest BCUT2D eigenvalue weighted by molar-refractivity contribution is 5.81. The van der Waals surface area contributed by atoms with Crippen LogP contribution in [-0.2, 0) is 19.1 Å². The molecule has 0 rings (SSSR count). The van der Waals surface area contributed by atoms with Crippen LogP contribution in [-0.4, -0.2) is 37.2 Å². The van der Waals surface area contributed by atoms with E-state index in [0.717, 1.165) is 19.4 Å². The quantitative estimate of drug-likeness (QED) is 0.516. The molecule has 0 aliphatic rings. The van der Waals surface area contributed by atoms with Crippen molar-refractivity contribution in [3.63, 3.8) is 0 Å². The maximum Gasteiger partial charge on any atom is 0.306 e. The van der Waals surface area contributed by atoms with Crippen LogP contribution in [0.15, 0.2) is 0 Å². The highest BCUT2D eigenvalue weighted by Crippen LogP contribution is 2.08. The van der Waals surface area contributed by atoms with Crippen LogP contribution < -0.4 is 5.32 Å². The molecule has 5 nitrogen and oxygen atoms in total. The Morgan fingerprint density at radius 2 is 1.79 bits per heavy atom. The van der Waals surface area contributed by atoms with E-state index >= 15 is 0 Å². The van der Waals surface area contributed by atoms with Gasteiger partial charge in [0.1, 0.15) is 5.60 Å². The van der Waals surface area contributed by atoms with E-state index in [1.807, 2.05) is 0 Å². The lowest BCUT2D eigenvalue weighted by molar-refractivity contribution is -0.155. The number of nitrogens with one attached hydrogen (secondary N) is 1. The molecule has 0 aromatic rings. The Bertz CT molecular complexity index is 271. The minimum atomic E-state index is -0.499. The number of carbonyl (C=O) groups excluding carboxylic acids is 2. The second-order valence-corrected chi connectivity index (χ2v) is 5.40. The van der Waals surface area contributed by atoms with Crippen molar-refractivity contribution in [2.45, 2.75) is 59.0 Å². The Morgan fingerprint density at radius 3 is 2.37 bits per heavy atom. The predicted molar refractivity (Wildman–Crippen MR) is 73.8 cm³/mol. The molecule has 0 aromatic carbocycles. The van der Waals surface area contributed by atoms with E-state index in [0.29, 0.717) is 13.2 Å². The number of ether oxygens (including phenoxy) is 2. The van der Waals surface area contributed by atoms with Gasteiger partial charge in [0.05, 0.1) is 13.0 Å². The van der Waals surface area contributed by atoms with Gasteiger partial charge in [0, 0.05) is 19.6 Å². The summed E-state index contributed by atoms with van der Waals surface area (Å²) < 4.78 is 10.4. The molecule has 5 heteroatoms. The zero-order valence-electron chi connectivity index (χ0n) is 12.6. The van der Waals surface area contributed by atoms with Crippen molar-refractivity contribution in [3.8, 4) is 0 Å². The average Bonchev–Trinajstić information content (AvgIpc) is 2.29. The topological polar surface area (TPSA) is 64.6 Å². The standard InChI is InChI=1S/C14H27NO4/c1-5-6-10-18-11-9-15-12(16)7-8-13(17)19-14(2,3)4/h5-11H2,1-4H3,(H,15,16). The number of hydrogen-bond donors (Lipinski definition) is 1. The van der Waals surface area contributed by atoms with E-state index in [1.165, 1.54) is 0 Å². The normalized spacial score (nSPS) is 11.2. The van der Waals surface area contributed by atoms with Crippen molar-refractivity contribution in [2.75, 3.05) is 19.8 Å². The van der Waals surface area contributed by atoms with Crippen LogP contribution in [0, 0.1) is 0 Å². The molecular weight excluding hydrogens is 246 g/mol. The molecule has 112 valence electrons. The number of rotatable bonds is 9. The minimum Gasteiger partial charge on any atom is -0.460 e. The molecular formula is C14H27NO4. The van der Waals surface area contributed by atoms with Crippen molar-refractivity contribution in [1.29, 1.82) is 0 Å². The third-order valence-corrected chi connectivity index (χ3v) is 2.19. The lowest BCUT2D eigenvalue weighted by atomic mass is 10.2. The minimum absolute atomic E-state index is 0.111. The maximum absolute atomic E-state index is 11.4. The third kappa shape index (κ3) is 13.1. The Hall–Kier alpha value is -1.10. The highest BCUT2D eigenvalue weighted by atomic mass is 16.6. The van der Waals surface area contributed by atoms with E-state index in [1.54, 1.807) is 20.8 Å². The Morgan fingerprint density at radius 1 is 1.11 bits per heavy atom. The van der Waals surface area contributed by atoms with Crippen LogP contribution in [0.1, 0.15) is 53.4 Å². The van der Waals surface area contributed by atoms with Crippen molar-refractivity contribution in [1.82, 2.24) is 5.32 Å². The van der Waals surface area contributed by atoms with Gasteiger partial charge in [-0.05, 0) is 27.2 Å². The Labute approximate surface area is 116 Å². The molecule has 0 radical (unpaired) electrons. The predicted octanol–water partition coefficient (Wildman–Crippen LogP) is 2.04. The van der Waals surface area contributed by atoms with E-state index in [9.17, 15) is 9.59 Å². The van der Waals surface area contributed by atoms with Crippen molar-refractivity contribution in [2.24, 2.45) is 0 Å². The number of amides is 1. The summed E-state index contributed by atoms with van der Waals surface area (Å²) in [6.07, 6.45) is 2.40. The van der Waals surface area contributed by atoms with Crippen LogP contribution in [0.5, 0.6) is 0 Å². The molecule has 1 N–H and O–H groups in total. The SMILES string of the molecule is CCCCOCCNC(=O)CCC(=O)OC(C)(C)C. The fraction of sp³-hybridized carbons (Fsp3) is 0.857. The first kappa shape index (κ1) is 17.9. The van der Waals surface area contributed by atoms with Gasteiger partial charge in [-0.15, -0.1) is 0 Å². The highest BCUT2D eigenvalue weighted by Gasteiger charge is 2.16. The van der Waals surface area contributed by atoms with Crippen LogP contribution in [0.25, 0.3) is 0 Å². The van der Waals surface area contributed by atoms with Gasteiger partial charge in [0.15, 0.2) is 0 Å². The maximum atomic E-state index is 11.4. The van der Waals surface area contributed by atoms with E-state index in [-0.39, 0.29) is 24.7 Å². The van der Waals surface area contributed by atoms with Crippen molar-refractivity contribution in [3.05, 3.63) is 0 Å². The van der Waals surface area contributed by atoms with Gasteiger partial charge in [0.25, 0.3) is 0 Å². The Balaban J connectivity index is 3.52. The fourth-order valence-electron chi connectivity index (χ4n) is 1.31. The number of esters is 1. The molecule has 0 fully saturated rings. The summed E-state index contributed by atoms with van der Waals surface area (Å²) in [5.41, 5.74) is -0.499. The number of hydrogen-bond acceptors (Lipinski definition) is 4. The van der Waals surface area contributed by atoms with Crippen LogP contribution in [0.4, 0.5) is 0 Å². The largest absolute Gasteiger partial charge is 0.460 e. The first-order chi connectivity index (χ1) is 8.85. The number of carbonyl (C=O) groups is 2. The molecule has 0 aliphatic heterocycles. The summed E-state index contributed by atoms with van der Waals surface area (Å²) in [6, 6.07) is 0. The molecule has 0 spiro atoms. The molecule has 0 heterocycles. The molecule has 0 aromatic heterocycles. The van der Waals surface area contributed by atoms with Gasteiger partial charge in [-0.2, -0.15) is 0 Å². The first-order valence-corrected chi connectivity index (χ1v) is 6.91. The van der Waals surface area contributed by atoms with E-state index in [2.05, 4.69) is 12.2 Å². The molecule has 0 saturated heterocycles. The van der Waals surface area contributed by atoms with Crippen LogP contribution in [0.2, 0.25) is 0 Å². The molecule has 19 heavy (non-hydrogen) atoms. The Kier molecular flexibility index (Phi) is 9.21. The van der Waals surface area contributed by atoms with Gasteiger partial charge in [-0.1, -0.05) is 13.3 Å². The third-order valence-electron chi connectivity index (χ3n) is 2.19. The molecule has 0 saturated carbocycles.